The molecule has 0 radical (unpaired) electrons. The molecule has 0 bridgehead atoms. The van der Waals surface area contributed by atoms with Crippen molar-refractivity contribution in [2.24, 2.45) is 0 Å². The second-order valence-corrected chi connectivity index (χ2v) is 8.04. The largest absolute Gasteiger partial charge is 0.356 e. The van der Waals surface area contributed by atoms with Crippen LogP contribution in [0.3, 0.4) is 0 Å². The Kier molecular flexibility index (Phi) is 5.17. The van der Waals surface area contributed by atoms with Crippen LogP contribution in [0.25, 0.3) is 11.0 Å². The van der Waals surface area contributed by atoms with Gasteiger partial charge in [-0.15, -0.1) is 0 Å². The van der Waals surface area contributed by atoms with E-state index >= 15 is 0 Å². The summed E-state index contributed by atoms with van der Waals surface area (Å²) in [6.45, 7) is 4.05. The number of aromatic nitrogens is 4. The maximum absolute atomic E-state index is 12.6. The molecule has 0 saturated carbocycles. The fraction of sp³-hybridized carbons (Fsp3) is 0.227. The van der Waals surface area contributed by atoms with Crippen LogP contribution in [0.5, 0.6) is 0 Å². The van der Waals surface area contributed by atoms with Crippen LogP contribution in [-0.2, 0) is 0 Å². The summed E-state index contributed by atoms with van der Waals surface area (Å²) in [5.41, 5.74) is 4.55. The van der Waals surface area contributed by atoms with E-state index in [2.05, 4.69) is 34.2 Å². The highest BCUT2D eigenvalue weighted by atomic mass is 32.1. The number of benzene rings is 2. The van der Waals surface area contributed by atoms with E-state index in [1.807, 2.05) is 37.3 Å². The molecule has 0 aliphatic carbocycles. The van der Waals surface area contributed by atoms with Crippen molar-refractivity contribution in [1.82, 2.24) is 18.7 Å². The third-order valence-corrected chi connectivity index (χ3v) is 5.74. The molecule has 2 aromatic carbocycles. The van der Waals surface area contributed by atoms with Gasteiger partial charge in [0.05, 0.1) is 11.7 Å². The molecule has 0 spiro atoms. The molecule has 5 rings (SSSR count). The number of carbonyl (C=O) groups excluding carboxylic acids is 1. The summed E-state index contributed by atoms with van der Waals surface area (Å²) >= 11 is 1.14. The molecule has 31 heavy (non-hydrogen) atoms. The molecule has 1 saturated heterocycles. The van der Waals surface area contributed by atoms with Gasteiger partial charge in [0.2, 0.25) is 5.95 Å². The second-order valence-electron chi connectivity index (χ2n) is 7.51. The number of carbonyl (C=O) groups is 1. The van der Waals surface area contributed by atoms with Crippen molar-refractivity contribution in [2.75, 3.05) is 28.6 Å². The standard InChI is InChI=1S/C22H21N7OS/c1-14-12-20(29-10-2-3-11-29)26-22(23-14)25-17-7-5-16(6-8-17)24-21(30)15-4-9-18-19(13-15)28-31-27-18/h4-9,12-13H,2-3,10-11H2,1H3,(H,24,30)(H,23,25,26). The highest BCUT2D eigenvalue weighted by molar-refractivity contribution is 7.00. The third kappa shape index (κ3) is 4.31. The number of nitrogens with zero attached hydrogens (tertiary/aromatic N) is 5. The normalized spacial score (nSPS) is 13.5. The Morgan fingerprint density at radius 2 is 1.68 bits per heavy atom. The first-order valence-corrected chi connectivity index (χ1v) is 10.9. The summed E-state index contributed by atoms with van der Waals surface area (Å²) in [5.74, 6) is 1.35. The van der Waals surface area contributed by atoms with Gasteiger partial charge in [0.1, 0.15) is 16.9 Å². The van der Waals surface area contributed by atoms with Gasteiger partial charge in [0.25, 0.3) is 5.91 Å². The Bertz CT molecular complexity index is 1230. The van der Waals surface area contributed by atoms with Crippen molar-refractivity contribution in [3.8, 4) is 0 Å². The van der Waals surface area contributed by atoms with Crippen molar-refractivity contribution >= 4 is 51.8 Å². The van der Waals surface area contributed by atoms with Crippen molar-refractivity contribution < 1.29 is 4.79 Å². The first-order chi connectivity index (χ1) is 15.1. The Morgan fingerprint density at radius 1 is 0.935 bits per heavy atom. The molecule has 1 aliphatic heterocycles. The second kappa shape index (κ2) is 8.27. The quantitative estimate of drug-likeness (QED) is 0.484. The zero-order valence-electron chi connectivity index (χ0n) is 17.0. The summed E-state index contributed by atoms with van der Waals surface area (Å²) in [5, 5.41) is 6.17. The average Bonchev–Trinajstić information content (AvgIpc) is 3.46. The van der Waals surface area contributed by atoms with E-state index in [1.54, 1.807) is 18.2 Å². The molecule has 4 aromatic rings. The number of fused-ring (bicyclic) bond motifs is 1. The fourth-order valence-corrected chi connectivity index (χ4v) is 4.13. The molecule has 1 aliphatic rings. The van der Waals surface area contributed by atoms with Crippen LogP contribution in [0.1, 0.15) is 28.9 Å². The molecule has 1 fully saturated rings. The van der Waals surface area contributed by atoms with E-state index < -0.39 is 0 Å². The first kappa shape index (κ1) is 19.4. The zero-order valence-corrected chi connectivity index (χ0v) is 17.8. The molecule has 9 heteroatoms. The van der Waals surface area contributed by atoms with E-state index in [0.29, 0.717) is 17.2 Å². The van der Waals surface area contributed by atoms with Gasteiger partial charge in [-0.3, -0.25) is 4.79 Å². The number of hydrogen-bond acceptors (Lipinski definition) is 8. The van der Waals surface area contributed by atoms with Crippen LogP contribution < -0.4 is 15.5 Å². The lowest BCUT2D eigenvalue weighted by molar-refractivity contribution is 0.102. The van der Waals surface area contributed by atoms with E-state index in [-0.39, 0.29) is 5.91 Å². The lowest BCUT2D eigenvalue weighted by Gasteiger charge is -2.17. The van der Waals surface area contributed by atoms with Crippen LogP contribution in [0.15, 0.2) is 48.5 Å². The highest BCUT2D eigenvalue weighted by Gasteiger charge is 2.15. The molecule has 0 unspecified atom stereocenters. The molecular formula is C22H21N7OS. The predicted octanol–water partition coefficient (Wildman–Crippen LogP) is 4.39. The van der Waals surface area contributed by atoms with Crippen LogP contribution in [0.4, 0.5) is 23.1 Å². The molecule has 0 atom stereocenters. The molecule has 3 heterocycles. The molecule has 8 nitrogen and oxygen atoms in total. The number of nitrogens with one attached hydrogen (secondary N) is 2. The zero-order chi connectivity index (χ0) is 21.2. The number of hydrogen-bond donors (Lipinski definition) is 2. The topological polar surface area (TPSA) is 95.9 Å². The van der Waals surface area contributed by atoms with Gasteiger partial charge in [0.15, 0.2) is 0 Å². The van der Waals surface area contributed by atoms with Crippen molar-refractivity contribution in [2.45, 2.75) is 19.8 Å². The Hall–Kier alpha value is -3.59. The molecule has 1 amide bonds. The van der Waals surface area contributed by atoms with E-state index in [0.717, 1.165) is 53.1 Å². The number of aryl methyl sites for hydroxylation is 1. The number of amides is 1. The van der Waals surface area contributed by atoms with E-state index in [9.17, 15) is 4.79 Å². The lowest BCUT2D eigenvalue weighted by Crippen LogP contribution is -2.19. The summed E-state index contributed by atoms with van der Waals surface area (Å²) in [6, 6.07) is 14.8. The molecule has 2 aromatic heterocycles. The van der Waals surface area contributed by atoms with Gasteiger partial charge >= 0.3 is 0 Å². The van der Waals surface area contributed by atoms with Gasteiger partial charge < -0.3 is 15.5 Å². The maximum atomic E-state index is 12.6. The molecule has 2 N–H and O–H groups in total. The van der Waals surface area contributed by atoms with Crippen LogP contribution in [-0.4, -0.2) is 37.7 Å². The fourth-order valence-electron chi connectivity index (χ4n) is 3.61. The first-order valence-electron chi connectivity index (χ1n) is 10.2. The van der Waals surface area contributed by atoms with Crippen molar-refractivity contribution in [3.63, 3.8) is 0 Å². The minimum absolute atomic E-state index is 0.187. The summed E-state index contributed by atoms with van der Waals surface area (Å²) < 4.78 is 8.34. The smallest absolute Gasteiger partial charge is 0.255 e. The predicted molar refractivity (Wildman–Crippen MR) is 123 cm³/mol. The Morgan fingerprint density at radius 3 is 2.48 bits per heavy atom. The van der Waals surface area contributed by atoms with Gasteiger partial charge in [0, 0.05) is 41.8 Å². The lowest BCUT2D eigenvalue weighted by atomic mass is 10.2. The molecular weight excluding hydrogens is 410 g/mol. The van der Waals surface area contributed by atoms with Crippen LogP contribution in [0.2, 0.25) is 0 Å². The van der Waals surface area contributed by atoms with Gasteiger partial charge in [-0.2, -0.15) is 13.7 Å². The third-order valence-electron chi connectivity index (χ3n) is 5.19. The van der Waals surface area contributed by atoms with Gasteiger partial charge in [-0.25, -0.2) is 4.98 Å². The Balaban J connectivity index is 1.27. The highest BCUT2D eigenvalue weighted by Crippen LogP contribution is 2.23. The monoisotopic (exact) mass is 431 g/mol. The summed E-state index contributed by atoms with van der Waals surface area (Å²) in [4.78, 5) is 24.0. The number of anilines is 4. The maximum Gasteiger partial charge on any atom is 0.255 e. The summed E-state index contributed by atoms with van der Waals surface area (Å²) in [6.07, 6.45) is 2.40. The Labute approximate surface area is 183 Å². The minimum atomic E-state index is -0.187. The van der Waals surface area contributed by atoms with Crippen molar-refractivity contribution in [1.29, 1.82) is 0 Å². The number of rotatable bonds is 5. The van der Waals surface area contributed by atoms with E-state index in [4.69, 9.17) is 0 Å². The van der Waals surface area contributed by atoms with E-state index in [1.165, 1.54) is 12.8 Å². The molecule has 156 valence electrons. The minimum Gasteiger partial charge on any atom is -0.356 e. The SMILES string of the molecule is Cc1cc(N2CCCC2)nc(Nc2ccc(NC(=O)c3ccc4nsnc4c3)cc2)n1. The van der Waals surface area contributed by atoms with Crippen molar-refractivity contribution in [3.05, 3.63) is 59.8 Å². The van der Waals surface area contributed by atoms with Crippen LogP contribution in [0, 0.1) is 6.92 Å². The van der Waals surface area contributed by atoms with Gasteiger partial charge in [-0.1, -0.05) is 0 Å². The van der Waals surface area contributed by atoms with Crippen LogP contribution >= 0.6 is 11.7 Å². The summed E-state index contributed by atoms with van der Waals surface area (Å²) in [7, 11) is 0. The average molecular weight is 432 g/mol. The van der Waals surface area contributed by atoms with Gasteiger partial charge in [-0.05, 0) is 62.2 Å².